The Labute approximate surface area is 158 Å². The van der Waals surface area contributed by atoms with Gasteiger partial charge in [0, 0.05) is 25.7 Å². The summed E-state index contributed by atoms with van der Waals surface area (Å²) in [5, 5.41) is 9.87. The van der Waals surface area contributed by atoms with E-state index in [1.807, 2.05) is 30.3 Å². The van der Waals surface area contributed by atoms with Gasteiger partial charge in [0.2, 0.25) is 0 Å². The van der Waals surface area contributed by atoms with Gasteiger partial charge in [-0.25, -0.2) is 0 Å². The number of hydrogen-bond donors (Lipinski definition) is 2. The monoisotopic (exact) mass is 378 g/mol. The van der Waals surface area contributed by atoms with Crippen molar-refractivity contribution in [3.05, 3.63) is 35.9 Å². The molecule has 3 atom stereocenters. The first-order valence-electron chi connectivity index (χ1n) is 9.43. The summed E-state index contributed by atoms with van der Waals surface area (Å²) in [6, 6.07) is 9.53. The number of benzene rings is 1. The van der Waals surface area contributed by atoms with Crippen LogP contribution in [-0.4, -0.2) is 49.5 Å². The van der Waals surface area contributed by atoms with E-state index in [0.717, 1.165) is 5.56 Å². The van der Waals surface area contributed by atoms with Crippen LogP contribution in [0.1, 0.15) is 32.8 Å². The first-order valence-corrected chi connectivity index (χ1v) is 12.3. The van der Waals surface area contributed by atoms with Crippen molar-refractivity contribution in [2.45, 2.75) is 64.0 Å². The predicted octanol–water partition coefficient (Wildman–Crippen LogP) is 3.31. The van der Waals surface area contributed by atoms with Crippen molar-refractivity contribution in [1.82, 2.24) is 4.90 Å². The molecule has 146 valence electrons. The molecule has 0 saturated carbocycles. The zero-order valence-corrected chi connectivity index (χ0v) is 17.7. The molecule has 0 aliphatic carbocycles. The lowest BCUT2D eigenvalue weighted by atomic mass is 10.00. The highest BCUT2D eigenvalue weighted by atomic mass is 28.4. The second-order valence-electron chi connectivity index (χ2n) is 8.88. The molecule has 1 aliphatic heterocycles. The molecule has 0 spiro atoms. The summed E-state index contributed by atoms with van der Waals surface area (Å²) in [6.07, 6.45) is 0.596. The van der Waals surface area contributed by atoms with Gasteiger partial charge in [-0.2, -0.15) is 0 Å². The lowest BCUT2D eigenvalue weighted by Crippen LogP contribution is -2.46. The highest BCUT2D eigenvalue weighted by molar-refractivity contribution is 6.74. The molecular formula is C20H34N2O3Si. The van der Waals surface area contributed by atoms with E-state index in [9.17, 15) is 9.90 Å². The Bertz CT molecular complexity index is 601. The lowest BCUT2D eigenvalue weighted by Gasteiger charge is -2.38. The molecule has 1 fully saturated rings. The maximum atomic E-state index is 11.9. The Morgan fingerprint density at radius 3 is 2.42 bits per heavy atom. The second kappa shape index (κ2) is 8.21. The third kappa shape index (κ3) is 4.74. The number of aliphatic carboxylic acids is 1. The molecule has 1 aromatic rings. The molecule has 0 bridgehead atoms. The lowest BCUT2D eigenvalue weighted by molar-refractivity contribution is -0.142. The Morgan fingerprint density at radius 1 is 1.31 bits per heavy atom. The molecule has 2 rings (SSSR count). The molecule has 1 aliphatic rings. The van der Waals surface area contributed by atoms with E-state index in [4.69, 9.17) is 10.2 Å². The zero-order chi connectivity index (χ0) is 19.5. The van der Waals surface area contributed by atoms with Crippen LogP contribution >= 0.6 is 0 Å². The molecule has 0 aromatic heterocycles. The molecule has 3 unspecified atom stereocenters. The van der Waals surface area contributed by atoms with Gasteiger partial charge in [-0.3, -0.25) is 9.69 Å². The molecule has 0 amide bonds. The van der Waals surface area contributed by atoms with Crippen LogP contribution in [0.2, 0.25) is 18.1 Å². The van der Waals surface area contributed by atoms with Crippen molar-refractivity contribution in [2.24, 2.45) is 11.7 Å². The molecule has 26 heavy (non-hydrogen) atoms. The van der Waals surface area contributed by atoms with Gasteiger partial charge in [-0.05, 0) is 36.0 Å². The van der Waals surface area contributed by atoms with Crippen molar-refractivity contribution >= 4 is 14.3 Å². The van der Waals surface area contributed by atoms with Crippen LogP contribution < -0.4 is 5.73 Å². The topological polar surface area (TPSA) is 75.8 Å². The Hall–Kier alpha value is -1.21. The van der Waals surface area contributed by atoms with Crippen LogP contribution in [0.25, 0.3) is 0 Å². The van der Waals surface area contributed by atoms with Gasteiger partial charge in [-0.15, -0.1) is 0 Å². The van der Waals surface area contributed by atoms with Crippen LogP contribution in [-0.2, 0) is 15.8 Å². The van der Waals surface area contributed by atoms with Crippen molar-refractivity contribution in [1.29, 1.82) is 0 Å². The zero-order valence-electron chi connectivity index (χ0n) is 16.7. The molecule has 1 heterocycles. The fraction of sp³-hybridized carbons (Fsp3) is 0.650. The molecule has 6 heteroatoms. The number of rotatable bonds is 7. The fourth-order valence-electron chi connectivity index (χ4n) is 3.38. The van der Waals surface area contributed by atoms with Gasteiger partial charge in [0.15, 0.2) is 8.32 Å². The number of carbonyl (C=O) groups is 1. The fourth-order valence-corrected chi connectivity index (χ4v) is 4.45. The van der Waals surface area contributed by atoms with Crippen molar-refractivity contribution in [3.8, 4) is 0 Å². The van der Waals surface area contributed by atoms with Gasteiger partial charge in [0.1, 0.15) is 6.04 Å². The van der Waals surface area contributed by atoms with Crippen LogP contribution in [0.5, 0.6) is 0 Å². The average molecular weight is 379 g/mol. The number of hydrogen-bond acceptors (Lipinski definition) is 4. The van der Waals surface area contributed by atoms with Crippen LogP contribution in [0.3, 0.4) is 0 Å². The van der Waals surface area contributed by atoms with Gasteiger partial charge in [0.05, 0.1) is 0 Å². The summed E-state index contributed by atoms with van der Waals surface area (Å²) in [5.74, 6) is -0.617. The maximum Gasteiger partial charge on any atom is 0.320 e. The van der Waals surface area contributed by atoms with Crippen LogP contribution in [0.15, 0.2) is 30.3 Å². The second-order valence-corrected chi connectivity index (χ2v) is 13.7. The van der Waals surface area contributed by atoms with E-state index in [-0.39, 0.29) is 17.0 Å². The highest BCUT2D eigenvalue weighted by Gasteiger charge is 2.45. The molecule has 1 saturated heterocycles. The van der Waals surface area contributed by atoms with E-state index in [1.54, 1.807) is 0 Å². The van der Waals surface area contributed by atoms with Crippen molar-refractivity contribution in [2.75, 3.05) is 13.2 Å². The third-order valence-electron chi connectivity index (χ3n) is 6.10. The Kier molecular flexibility index (Phi) is 6.66. The summed E-state index contributed by atoms with van der Waals surface area (Å²) in [4.78, 5) is 13.9. The Balaban J connectivity index is 2.14. The molecule has 3 N–H and O–H groups in total. The smallest absolute Gasteiger partial charge is 0.320 e. The summed E-state index contributed by atoms with van der Waals surface area (Å²) in [6.45, 7) is 12.8. The minimum atomic E-state index is -1.87. The molecule has 0 radical (unpaired) electrons. The van der Waals surface area contributed by atoms with E-state index >= 15 is 0 Å². The minimum Gasteiger partial charge on any atom is -0.480 e. The summed E-state index contributed by atoms with van der Waals surface area (Å²) in [5.41, 5.74) is 7.19. The van der Waals surface area contributed by atoms with Gasteiger partial charge < -0.3 is 15.3 Å². The van der Waals surface area contributed by atoms with E-state index in [2.05, 4.69) is 38.8 Å². The van der Waals surface area contributed by atoms with Crippen LogP contribution in [0.4, 0.5) is 0 Å². The van der Waals surface area contributed by atoms with E-state index in [0.29, 0.717) is 26.1 Å². The van der Waals surface area contributed by atoms with Gasteiger partial charge in [0.25, 0.3) is 0 Å². The standard InChI is InChI=1S/C20H34N2O3Si/c1-20(2,3)26(4,5)25-14-16-11-17(19(23)24)22(18(16)12-21)13-15-9-7-6-8-10-15/h6-10,16-18H,11-14,21H2,1-5H3,(H,23,24). The maximum absolute atomic E-state index is 11.9. The number of carboxylic acids is 1. The SMILES string of the molecule is CC(C)(C)[Si](C)(C)OCC1CC(C(=O)O)N(Cc2ccccc2)C1CN. The molecular weight excluding hydrogens is 344 g/mol. The van der Waals surface area contributed by atoms with Crippen molar-refractivity contribution < 1.29 is 14.3 Å². The highest BCUT2D eigenvalue weighted by Crippen LogP contribution is 2.38. The third-order valence-corrected chi connectivity index (χ3v) is 10.6. The first-order chi connectivity index (χ1) is 12.1. The van der Waals surface area contributed by atoms with Gasteiger partial charge in [-0.1, -0.05) is 51.1 Å². The average Bonchev–Trinajstić information content (AvgIpc) is 2.90. The summed E-state index contributed by atoms with van der Waals surface area (Å²) in [7, 11) is -1.87. The number of likely N-dealkylation sites (tertiary alicyclic amines) is 1. The van der Waals surface area contributed by atoms with E-state index in [1.165, 1.54) is 0 Å². The van der Waals surface area contributed by atoms with E-state index < -0.39 is 20.3 Å². The minimum absolute atomic E-state index is 0.0288. The number of carboxylic acid groups (broad SMARTS) is 1. The Morgan fingerprint density at radius 2 is 1.92 bits per heavy atom. The molecule has 1 aromatic carbocycles. The number of nitrogens with zero attached hydrogens (tertiary/aromatic N) is 1. The van der Waals surface area contributed by atoms with Crippen LogP contribution in [0, 0.1) is 5.92 Å². The van der Waals surface area contributed by atoms with Crippen molar-refractivity contribution in [3.63, 3.8) is 0 Å². The quantitative estimate of drug-likeness (QED) is 0.712. The predicted molar refractivity (Wildman–Crippen MR) is 108 cm³/mol. The molecule has 5 nitrogen and oxygen atoms in total. The first kappa shape index (κ1) is 21.1. The largest absolute Gasteiger partial charge is 0.480 e. The van der Waals surface area contributed by atoms with Gasteiger partial charge >= 0.3 is 5.97 Å². The normalized spacial score (nSPS) is 24.8. The number of nitrogens with two attached hydrogens (primary N) is 1. The summed E-state index contributed by atoms with van der Waals surface area (Å²) >= 11 is 0. The summed E-state index contributed by atoms with van der Waals surface area (Å²) < 4.78 is 6.40.